The van der Waals surface area contributed by atoms with Crippen LogP contribution in [-0.4, -0.2) is 42.3 Å². The van der Waals surface area contributed by atoms with Gasteiger partial charge in [-0.3, -0.25) is 0 Å². The molecule has 1 aliphatic heterocycles. The van der Waals surface area contributed by atoms with E-state index < -0.39 is 0 Å². The standard InChI is InChI=1S/C13H24N2O2/c16-10-7-13(5-6-13)11-14-12(17)15-8-3-1-2-4-9-15/h16H,1-11H2,(H,14,17). The fourth-order valence-electron chi connectivity index (χ4n) is 2.58. The zero-order valence-electron chi connectivity index (χ0n) is 10.6. The molecular weight excluding hydrogens is 216 g/mol. The summed E-state index contributed by atoms with van der Waals surface area (Å²) in [5.74, 6) is 0. The minimum Gasteiger partial charge on any atom is -0.396 e. The van der Waals surface area contributed by atoms with Crippen LogP contribution in [0, 0.1) is 5.41 Å². The van der Waals surface area contributed by atoms with E-state index in [-0.39, 0.29) is 18.1 Å². The van der Waals surface area contributed by atoms with Gasteiger partial charge < -0.3 is 15.3 Å². The van der Waals surface area contributed by atoms with Crippen LogP contribution in [0.2, 0.25) is 0 Å². The molecule has 1 aliphatic carbocycles. The smallest absolute Gasteiger partial charge is 0.317 e. The maximum Gasteiger partial charge on any atom is 0.317 e. The van der Waals surface area contributed by atoms with Gasteiger partial charge in [0.25, 0.3) is 0 Å². The molecule has 0 atom stereocenters. The van der Waals surface area contributed by atoms with E-state index in [1.54, 1.807) is 0 Å². The van der Waals surface area contributed by atoms with Crippen molar-refractivity contribution in [2.45, 2.75) is 44.9 Å². The number of aliphatic hydroxyl groups excluding tert-OH is 1. The zero-order chi connectivity index (χ0) is 12.1. The Labute approximate surface area is 103 Å². The Hall–Kier alpha value is -0.770. The number of hydrogen-bond acceptors (Lipinski definition) is 2. The summed E-state index contributed by atoms with van der Waals surface area (Å²) in [7, 11) is 0. The topological polar surface area (TPSA) is 52.6 Å². The lowest BCUT2D eigenvalue weighted by atomic mass is 10.0. The molecule has 2 aliphatic rings. The number of nitrogens with zero attached hydrogens (tertiary/aromatic N) is 1. The second kappa shape index (κ2) is 5.71. The van der Waals surface area contributed by atoms with Crippen LogP contribution < -0.4 is 5.32 Å². The van der Waals surface area contributed by atoms with Crippen molar-refractivity contribution in [3.63, 3.8) is 0 Å². The average Bonchev–Trinajstić information content (AvgIpc) is 3.10. The lowest BCUT2D eigenvalue weighted by Crippen LogP contribution is -2.42. The summed E-state index contributed by atoms with van der Waals surface area (Å²) in [6, 6.07) is 0.0936. The number of carbonyl (C=O) groups excluding carboxylic acids is 1. The molecule has 0 aromatic heterocycles. The highest BCUT2D eigenvalue weighted by Crippen LogP contribution is 2.47. The van der Waals surface area contributed by atoms with Crippen molar-refractivity contribution in [2.75, 3.05) is 26.2 Å². The third-order valence-electron chi connectivity index (χ3n) is 4.11. The summed E-state index contributed by atoms with van der Waals surface area (Å²) in [4.78, 5) is 13.9. The molecule has 1 saturated carbocycles. The molecule has 1 heterocycles. The first kappa shape index (κ1) is 12.7. The number of urea groups is 1. The summed E-state index contributed by atoms with van der Waals surface area (Å²) in [6.45, 7) is 2.78. The van der Waals surface area contributed by atoms with Crippen LogP contribution in [-0.2, 0) is 0 Å². The summed E-state index contributed by atoms with van der Waals surface area (Å²) >= 11 is 0. The molecule has 0 aromatic rings. The number of hydrogen-bond donors (Lipinski definition) is 2. The van der Waals surface area contributed by atoms with Crippen LogP contribution in [0.1, 0.15) is 44.9 Å². The van der Waals surface area contributed by atoms with Gasteiger partial charge in [-0.2, -0.15) is 0 Å². The molecule has 2 amide bonds. The third kappa shape index (κ3) is 3.60. The molecule has 2 fully saturated rings. The highest BCUT2D eigenvalue weighted by molar-refractivity contribution is 5.74. The Morgan fingerprint density at radius 3 is 2.35 bits per heavy atom. The second-order valence-corrected chi connectivity index (χ2v) is 5.53. The Morgan fingerprint density at radius 1 is 1.18 bits per heavy atom. The molecular formula is C13H24N2O2. The highest BCUT2D eigenvalue weighted by Gasteiger charge is 2.42. The lowest BCUT2D eigenvalue weighted by Gasteiger charge is -2.23. The maximum absolute atomic E-state index is 12.0. The van der Waals surface area contributed by atoms with Gasteiger partial charge in [0.15, 0.2) is 0 Å². The van der Waals surface area contributed by atoms with E-state index in [0.29, 0.717) is 0 Å². The first-order valence-electron chi connectivity index (χ1n) is 6.89. The van der Waals surface area contributed by atoms with Crippen molar-refractivity contribution in [2.24, 2.45) is 5.41 Å². The average molecular weight is 240 g/mol. The minimum atomic E-state index is 0.0936. The van der Waals surface area contributed by atoms with Crippen molar-refractivity contribution in [3.05, 3.63) is 0 Å². The van der Waals surface area contributed by atoms with E-state index >= 15 is 0 Å². The van der Waals surface area contributed by atoms with Gasteiger partial charge in [0.2, 0.25) is 0 Å². The number of rotatable bonds is 4. The van der Waals surface area contributed by atoms with Gasteiger partial charge in [-0.15, -0.1) is 0 Å². The van der Waals surface area contributed by atoms with Crippen LogP contribution in [0.3, 0.4) is 0 Å². The number of amides is 2. The summed E-state index contributed by atoms with van der Waals surface area (Å²) in [5.41, 5.74) is 0.219. The predicted octanol–water partition coefficient (Wildman–Crippen LogP) is 1.73. The van der Waals surface area contributed by atoms with Gasteiger partial charge in [0.1, 0.15) is 0 Å². The number of likely N-dealkylation sites (tertiary alicyclic amines) is 1. The Bertz CT molecular complexity index is 256. The van der Waals surface area contributed by atoms with E-state index in [1.165, 1.54) is 12.8 Å². The van der Waals surface area contributed by atoms with Gasteiger partial charge in [-0.1, -0.05) is 12.8 Å². The molecule has 0 radical (unpaired) electrons. The molecule has 4 heteroatoms. The van der Waals surface area contributed by atoms with Gasteiger partial charge in [-0.05, 0) is 37.5 Å². The van der Waals surface area contributed by atoms with Gasteiger partial charge in [0, 0.05) is 26.2 Å². The van der Waals surface area contributed by atoms with E-state index in [4.69, 9.17) is 5.11 Å². The molecule has 0 spiro atoms. The van der Waals surface area contributed by atoms with Crippen molar-refractivity contribution < 1.29 is 9.90 Å². The molecule has 0 bridgehead atoms. The molecule has 4 nitrogen and oxygen atoms in total. The second-order valence-electron chi connectivity index (χ2n) is 5.53. The van der Waals surface area contributed by atoms with E-state index in [1.807, 2.05) is 4.90 Å². The largest absolute Gasteiger partial charge is 0.396 e. The third-order valence-corrected chi connectivity index (χ3v) is 4.11. The Balaban J connectivity index is 1.72. The monoisotopic (exact) mass is 240 g/mol. The van der Waals surface area contributed by atoms with Crippen LogP contribution in [0.25, 0.3) is 0 Å². The van der Waals surface area contributed by atoms with Gasteiger partial charge in [-0.25, -0.2) is 4.79 Å². The first-order valence-corrected chi connectivity index (χ1v) is 6.89. The summed E-state index contributed by atoms with van der Waals surface area (Å²) in [5, 5.41) is 12.0. The summed E-state index contributed by atoms with van der Waals surface area (Å²) in [6.07, 6.45) is 7.88. The molecule has 98 valence electrons. The quantitative estimate of drug-likeness (QED) is 0.786. The van der Waals surface area contributed by atoms with Crippen molar-refractivity contribution in [1.29, 1.82) is 0 Å². The number of carbonyl (C=O) groups is 1. The molecule has 2 rings (SSSR count). The van der Waals surface area contributed by atoms with Crippen molar-refractivity contribution >= 4 is 6.03 Å². The van der Waals surface area contributed by atoms with Crippen LogP contribution in [0.15, 0.2) is 0 Å². The fourth-order valence-corrected chi connectivity index (χ4v) is 2.58. The normalized spacial score (nSPS) is 23.0. The Kier molecular flexibility index (Phi) is 4.26. The number of aliphatic hydroxyl groups is 1. The van der Waals surface area contributed by atoms with Crippen LogP contribution in [0.5, 0.6) is 0 Å². The van der Waals surface area contributed by atoms with Gasteiger partial charge >= 0.3 is 6.03 Å². The van der Waals surface area contributed by atoms with Crippen molar-refractivity contribution in [1.82, 2.24) is 10.2 Å². The first-order chi connectivity index (χ1) is 8.26. The van der Waals surface area contributed by atoms with Crippen LogP contribution >= 0.6 is 0 Å². The molecule has 0 aromatic carbocycles. The van der Waals surface area contributed by atoms with E-state index in [9.17, 15) is 4.79 Å². The molecule has 1 saturated heterocycles. The zero-order valence-corrected chi connectivity index (χ0v) is 10.6. The molecule has 2 N–H and O–H groups in total. The number of nitrogens with one attached hydrogen (secondary N) is 1. The van der Waals surface area contributed by atoms with E-state index in [2.05, 4.69) is 5.32 Å². The summed E-state index contributed by atoms with van der Waals surface area (Å²) < 4.78 is 0. The SMILES string of the molecule is O=C(NCC1(CCO)CC1)N1CCCCCC1. The predicted molar refractivity (Wildman–Crippen MR) is 66.8 cm³/mol. The minimum absolute atomic E-state index is 0.0936. The lowest BCUT2D eigenvalue weighted by molar-refractivity contribution is 0.193. The molecule has 17 heavy (non-hydrogen) atoms. The maximum atomic E-state index is 12.0. The molecule has 0 unspecified atom stereocenters. The highest BCUT2D eigenvalue weighted by atomic mass is 16.3. The Morgan fingerprint density at radius 2 is 1.82 bits per heavy atom. The van der Waals surface area contributed by atoms with Crippen molar-refractivity contribution in [3.8, 4) is 0 Å². The van der Waals surface area contributed by atoms with Gasteiger partial charge in [0.05, 0.1) is 0 Å². The fraction of sp³-hybridized carbons (Fsp3) is 0.923. The van der Waals surface area contributed by atoms with E-state index in [0.717, 1.165) is 51.7 Å². The van der Waals surface area contributed by atoms with Crippen LogP contribution in [0.4, 0.5) is 4.79 Å².